The molecule has 2 heterocycles. The molecule has 0 aliphatic carbocycles. The van der Waals surface area contributed by atoms with Crippen molar-refractivity contribution in [2.75, 3.05) is 6.61 Å². The number of nitrogens with one attached hydrogen (secondary N) is 1. The van der Waals surface area contributed by atoms with Crippen molar-refractivity contribution in [2.45, 2.75) is 51.1 Å². The van der Waals surface area contributed by atoms with Crippen LogP contribution in [0.2, 0.25) is 0 Å². The lowest BCUT2D eigenvalue weighted by atomic mass is 9.92. The van der Waals surface area contributed by atoms with Crippen molar-refractivity contribution < 1.29 is 19.1 Å². The summed E-state index contributed by atoms with van der Waals surface area (Å²) in [6.45, 7) is 3.34. The van der Waals surface area contributed by atoms with Crippen LogP contribution in [0.5, 0.6) is 0 Å². The van der Waals surface area contributed by atoms with Gasteiger partial charge < -0.3 is 15.0 Å². The summed E-state index contributed by atoms with van der Waals surface area (Å²) in [5.41, 5.74) is 0.852. The van der Waals surface area contributed by atoms with Gasteiger partial charge in [-0.1, -0.05) is 88.0 Å². The first kappa shape index (κ1) is 24.0. The Morgan fingerprint density at radius 3 is 2.53 bits per heavy atom. The highest BCUT2D eigenvalue weighted by atomic mass is 79.9. The van der Waals surface area contributed by atoms with Gasteiger partial charge in [-0.2, -0.15) is 0 Å². The van der Waals surface area contributed by atoms with Gasteiger partial charge in [0.25, 0.3) is 0 Å². The van der Waals surface area contributed by atoms with Gasteiger partial charge in [0.05, 0.1) is 11.2 Å². The van der Waals surface area contributed by atoms with Crippen molar-refractivity contribution in [1.29, 1.82) is 0 Å². The molecule has 2 amide bonds. The number of thioether (sulfide) groups is 1. The third-order valence-electron chi connectivity index (χ3n) is 5.19. The number of carbonyl (C=O) groups is 3. The van der Waals surface area contributed by atoms with E-state index in [2.05, 4.69) is 21.2 Å². The quantitative estimate of drug-likeness (QED) is 0.329. The van der Waals surface area contributed by atoms with Gasteiger partial charge in [-0.25, -0.2) is 4.79 Å². The van der Waals surface area contributed by atoms with Gasteiger partial charge in [0.15, 0.2) is 0 Å². The summed E-state index contributed by atoms with van der Waals surface area (Å²) >= 11 is 22.0. The Bertz CT molecular complexity index is 839. The third kappa shape index (κ3) is 4.88. The van der Waals surface area contributed by atoms with Crippen LogP contribution in [-0.4, -0.2) is 60.1 Å². The molecular weight excluding hydrogens is 539 g/mol. The van der Waals surface area contributed by atoms with Crippen molar-refractivity contribution >= 4 is 80.3 Å². The Kier molecular flexibility index (Phi) is 7.24. The van der Waals surface area contributed by atoms with E-state index in [1.54, 1.807) is 0 Å². The van der Waals surface area contributed by atoms with E-state index >= 15 is 0 Å². The molecule has 5 atom stereocenters. The molecule has 6 nitrogen and oxygen atoms in total. The summed E-state index contributed by atoms with van der Waals surface area (Å²) in [5, 5.41) is 2.41. The van der Waals surface area contributed by atoms with E-state index in [1.165, 1.54) is 16.7 Å². The number of amides is 2. The predicted molar refractivity (Wildman–Crippen MR) is 122 cm³/mol. The minimum atomic E-state index is -1.75. The first-order chi connectivity index (χ1) is 13.9. The van der Waals surface area contributed by atoms with E-state index in [0.717, 1.165) is 5.56 Å². The van der Waals surface area contributed by atoms with Gasteiger partial charge in [-0.3, -0.25) is 9.59 Å². The van der Waals surface area contributed by atoms with Crippen LogP contribution in [0.1, 0.15) is 19.4 Å². The molecule has 0 saturated carbocycles. The summed E-state index contributed by atoms with van der Waals surface area (Å²) in [6.07, 6.45) is 0.169. The molecule has 4 unspecified atom stereocenters. The van der Waals surface area contributed by atoms with Gasteiger partial charge in [0.2, 0.25) is 15.6 Å². The summed E-state index contributed by atoms with van der Waals surface area (Å²) < 4.78 is 2.75. The predicted octanol–water partition coefficient (Wildman–Crippen LogP) is 3.45. The van der Waals surface area contributed by atoms with Gasteiger partial charge in [-0.15, -0.1) is 11.8 Å². The van der Waals surface area contributed by atoms with Crippen LogP contribution in [0.15, 0.2) is 30.3 Å². The highest BCUT2D eigenvalue weighted by Gasteiger charge is 2.67. The van der Waals surface area contributed by atoms with Crippen molar-refractivity contribution in [2.24, 2.45) is 0 Å². The Morgan fingerprint density at radius 2 is 1.97 bits per heavy atom. The molecule has 164 valence electrons. The maximum Gasteiger partial charge on any atom is 0.330 e. The highest BCUT2D eigenvalue weighted by molar-refractivity contribution is 9.09. The molecule has 11 heteroatoms. The maximum absolute atomic E-state index is 12.9. The molecule has 2 saturated heterocycles. The fourth-order valence-electron chi connectivity index (χ4n) is 3.52. The van der Waals surface area contributed by atoms with Crippen LogP contribution in [-0.2, 0) is 25.5 Å². The lowest BCUT2D eigenvalue weighted by Gasteiger charge is -2.44. The highest BCUT2D eigenvalue weighted by Crippen LogP contribution is 2.54. The number of hydrogen-bond acceptors (Lipinski definition) is 5. The third-order valence-corrected chi connectivity index (χ3v) is 8.60. The average Bonchev–Trinajstić information content (AvgIpc) is 2.95. The molecule has 2 aliphatic rings. The number of esters is 1. The van der Waals surface area contributed by atoms with E-state index in [-0.39, 0.29) is 28.4 Å². The molecule has 0 bridgehead atoms. The van der Waals surface area contributed by atoms with Gasteiger partial charge >= 0.3 is 5.97 Å². The van der Waals surface area contributed by atoms with Gasteiger partial charge in [0.1, 0.15) is 24.1 Å². The topological polar surface area (TPSA) is 75.7 Å². The molecular formula is C19H20BrCl3N2O4S. The fourth-order valence-corrected chi connectivity index (χ4v) is 5.96. The Morgan fingerprint density at radius 1 is 1.33 bits per heavy atom. The van der Waals surface area contributed by atoms with Crippen molar-refractivity contribution in [3.8, 4) is 0 Å². The minimum Gasteiger partial charge on any atom is -0.460 e. The summed E-state index contributed by atoms with van der Waals surface area (Å²) in [5.74, 6) is -1.23. The van der Waals surface area contributed by atoms with Crippen LogP contribution in [0, 0.1) is 0 Å². The molecule has 1 aromatic rings. The van der Waals surface area contributed by atoms with Gasteiger partial charge in [0, 0.05) is 4.83 Å². The second-order valence-corrected chi connectivity index (χ2v) is 12.9. The fraction of sp³-hybridized carbons (Fsp3) is 0.526. The lowest BCUT2D eigenvalue weighted by Crippen LogP contribution is -2.71. The Labute approximate surface area is 202 Å². The molecule has 2 fully saturated rings. The molecule has 0 aromatic heterocycles. The number of alkyl halides is 4. The molecule has 0 spiro atoms. The number of ether oxygens (including phenoxy) is 1. The van der Waals surface area contributed by atoms with E-state index in [0.29, 0.717) is 0 Å². The van der Waals surface area contributed by atoms with Crippen LogP contribution in [0.3, 0.4) is 0 Å². The Hall–Kier alpha value is -0.670. The van der Waals surface area contributed by atoms with Crippen molar-refractivity contribution in [3.63, 3.8) is 0 Å². The number of halogens is 4. The largest absolute Gasteiger partial charge is 0.460 e. The first-order valence-corrected chi connectivity index (χ1v) is 12.1. The standard InChI is InChI=1S/C19H20BrCl3N2O4S/c1-10(20)18(2)14(17(28)29-9-19(21,22)23)25-15(27)13(16(25)30-18)24-12(26)8-11-6-4-3-5-7-11/h3-7,10,13-14,16H,8-9H2,1-2H3,(H,24,26)/t10?,13?,14?,16-,18?/m1/s1. The summed E-state index contributed by atoms with van der Waals surface area (Å²) in [7, 11) is 0. The monoisotopic (exact) mass is 556 g/mol. The molecule has 30 heavy (non-hydrogen) atoms. The minimum absolute atomic E-state index is 0.139. The van der Waals surface area contributed by atoms with E-state index in [9.17, 15) is 14.4 Å². The molecule has 3 rings (SSSR count). The number of rotatable bonds is 6. The zero-order chi connectivity index (χ0) is 22.3. The molecule has 0 radical (unpaired) electrons. The zero-order valence-electron chi connectivity index (χ0n) is 16.1. The number of β-lactam (4-membered cyclic amide) rings is 1. The van der Waals surface area contributed by atoms with Crippen LogP contribution < -0.4 is 5.32 Å². The smallest absolute Gasteiger partial charge is 0.330 e. The Balaban J connectivity index is 1.72. The van der Waals surface area contributed by atoms with Crippen LogP contribution >= 0.6 is 62.5 Å². The molecule has 2 aliphatic heterocycles. The molecule has 1 aromatic carbocycles. The summed E-state index contributed by atoms with van der Waals surface area (Å²) in [4.78, 5) is 39.4. The van der Waals surface area contributed by atoms with Crippen LogP contribution in [0.4, 0.5) is 0 Å². The second-order valence-electron chi connectivity index (χ2n) is 7.39. The lowest BCUT2D eigenvalue weighted by molar-refractivity contribution is -0.164. The van der Waals surface area contributed by atoms with E-state index in [4.69, 9.17) is 39.5 Å². The maximum atomic E-state index is 12.9. The average molecular weight is 559 g/mol. The van der Waals surface area contributed by atoms with E-state index < -0.39 is 33.2 Å². The number of benzene rings is 1. The second kappa shape index (κ2) is 9.06. The normalized spacial score (nSPS) is 29.1. The van der Waals surface area contributed by atoms with Crippen LogP contribution in [0.25, 0.3) is 0 Å². The first-order valence-electron chi connectivity index (χ1n) is 9.15. The van der Waals surface area contributed by atoms with E-state index in [1.807, 2.05) is 44.2 Å². The number of nitrogens with zero attached hydrogens (tertiary/aromatic N) is 1. The molecule has 1 N–H and O–H groups in total. The SMILES string of the molecule is CC(Br)C1(C)S[C@@H]2C(NC(=O)Cc3ccccc3)C(=O)N2C1C(=O)OCC(Cl)(Cl)Cl. The van der Waals surface area contributed by atoms with Gasteiger partial charge in [-0.05, 0) is 12.5 Å². The number of hydrogen-bond donors (Lipinski definition) is 1. The van der Waals surface area contributed by atoms with Crippen molar-refractivity contribution in [1.82, 2.24) is 10.2 Å². The van der Waals surface area contributed by atoms with Crippen molar-refractivity contribution in [3.05, 3.63) is 35.9 Å². The zero-order valence-corrected chi connectivity index (χ0v) is 20.8. The summed E-state index contributed by atoms with van der Waals surface area (Å²) in [6, 6.07) is 7.68. The number of carbonyl (C=O) groups excluding carboxylic acids is 3. The number of fused-ring (bicyclic) bond motifs is 1.